The van der Waals surface area contributed by atoms with Gasteiger partial charge in [0.2, 0.25) is 0 Å². The molecule has 0 unspecified atom stereocenters. The van der Waals surface area contributed by atoms with E-state index in [1.54, 1.807) is 31.6 Å². The van der Waals surface area contributed by atoms with Gasteiger partial charge in [0.25, 0.3) is 0 Å². The highest BCUT2D eigenvalue weighted by Crippen LogP contribution is 2.35. The van der Waals surface area contributed by atoms with Gasteiger partial charge in [0.05, 0.1) is 7.11 Å². The average molecular weight is 310 g/mol. The molecular weight excluding hydrogens is 296 g/mol. The molecule has 3 rings (SSSR count). The quantitative estimate of drug-likeness (QED) is 0.776. The van der Waals surface area contributed by atoms with E-state index in [1.807, 2.05) is 24.3 Å². The molecule has 1 aromatic carbocycles. The fourth-order valence-electron chi connectivity index (χ4n) is 2.36. The molecule has 23 heavy (non-hydrogen) atoms. The number of pyridine rings is 1. The molecule has 1 N–H and O–H groups in total. The number of hydrogen-bond acceptors (Lipinski definition) is 5. The SMILES string of the molecule is COc1ccccc1-c1c(-c2ccncc2)nnn1CC(=O)O. The van der Waals surface area contributed by atoms with Crippen LogP contribution in [0.1, 0.15) is 0 Å². The molecule has 0 radical (unpaired) electrons. The number of carboxylic acids is 1. The maximum Gasteiger partial charge on any atom is 0.325 e. The summed E-state index contributed by atoms with van der Waals surface area (Å²) in [6, 6.07) is 11.0. The largest absolute Gasteiger partial charge is 0.496 e. The number of aromatic nitrogens is 4. The maximum atomic E-state index is 11.1. The average Bonchev–Trinajstić information content (AvgIpc) is 2.98. The Hall–Kier alpha value is -3.22. The van der Waals surface area contributed by atoms with Gasteiger partial charge in [-0.15, -0.1) is 5.10 Å². The zero-order chi connectivity index (χ0) is 16.2. The molecular formula is C16H14N4O3. The number of para-hydroxylation sites is 1. The van der Waals surface area contributed by atoms with Crippen LogP contribution in [0.5, 0.6) is 5.75 Å². The summed E-state index contributed by atoms with van der Waals surface area (Å²) in [5, 5.41) is 17.3. The van der Waals surface area contributed by atoms with E-state index in [0.29, 0.717) is 17.1 Å². The van der Waals surface area contributed by atoms with Crippen LogP contribution in [0.4, 0.5) is 0 Å². The fourth-order valence-corrected chi connectivity index (χ4v) is 2.36. The Balaban J connectivity index is 2.23. The summed E-state index contributed by atoms with van der Waals surface area (Å²) in [7, 11) is 1.57. The van der Waals surface area contributed by atoms with Gasteiger partial charge in [0, 0.05) is 23.5 Å². The molecule has 0 fully saturated rings. The van der Waals surface area contributed by atoms with E-state index in [9.17, 15) is 4.79 Å². The predicted octanol–water partition coefficient (Wildman–Crippen LogP) is 2.10. The number of hydrogen-bond donors (Lipinski definition) is 1. The van der Waals surface area contributed by atoms with E-state index < -0.39 is 5.97 Å². The molecule has 0 bridgehead atoms. The fraction of sp³-hybridized carbons (Fsp3) is 0.125. The summed E-state index contributed by atoms with van der Waals surface area (Å²) >= 11 is 0. The third-order valence-corrected chi connectivity index (χ3v) is 3.34. The lowest BCUT2D eigenvalue weighted by molar-refractivity contribution is -0.137. The second kappa shape index (κ2) is 6.27. The Kier molecular flexibility index (Phi) is 4.01. The van der Waals surface area contributed by atoms with E-state index in [4.69, 9.17) is 9.84 Å². The standard InChI is InChI=1S/C16H14N4O3/c1-23-13-5-3-2-4-12(13)16-15(11-6-8-17-9-7-11)18-19-20(16)10-14(21)22/h2-9H,10H2,1H3,(H,21,22). The molecule has 7 nitrogen and oxygen atoms in total. The molecule has 0 amide bonds. The van der Waals surface area contributed by atoms with Crippen molar-refractivity contribution in [1.29, 1.82) is 0 Å². The van der Waals surface area contributed by atoms with Crippen molar-refractivity contribution in [3.63, 3.8) is 0 Å². The first kappa shape index (κ1) is 14.7. The lowest BCUT2D eigenvalue weighted by atomic mass is 10.0. The molecule has 7 heteroatoms. The minimum Gasteiger partial charge on any atom is -0.496 e. The Morgan fingerprint density at radius 2 is 1.96 bits per heavy atom. The molecule has 0 saturated carbocycles. The van der Waals surface area contributed by atoms with E-state index in [-0.39, 0.29) is 6.54 Å². The summed E-state index contributed by atoms with van der Waals surface area (Å²) in [6.07, 6.45) is 3.30. The molecule has 116 valence electrons. The normalized spacial score (nSPS) is 10.5. The smallest absolute Gasteiger partial charge is 0.325 e. The van der Waals surface area contributed by atoms with Crippen molar-refractivity contribution < 1.29 is 14.6 Å². The number of methoxy groups -OCH3 is 1. The monoisotopic (exact) mass is 310 g/mol. The summed E-state index contributed by atoms with van der Waals surface area (Å²) in [6.45, 7) is -0.286. The van der Waals surface area contributed by atoms with Crippen molar-refractivity contribution in [1.82, 2.24) is 20.0 Å². The van der Waals surface area contributed by atoms with Crippen LogP contribution in [-0.2, 0) is 11.3 Å². The zero-order valence-corrected chi connectivity index (χ0v) is 12.4. The van der Waals surface area contributed by atoms with Crippen LogP contribution < -0.4 is 4.74 Å². The van der Waals surface area contributed by atoms with Gasteiger partial charge in [-0.05, 0) is 24.3 Å². The number of aliphatic carboxylic acids is 1. The number of rotatable bonds is 5. The van der Waals surface area contributed by atoms with Gasteiger partial charge in [-0.2, -0.15) is 0 Å². The molecule has 0 aliphatic rings. The van der Waals surface area contributed by atoms with Gasteiger partial charge in [-0.3, -0.25) is 9.78 Å². The molecule has 2 aromatic heterocycles. The maximum absolute atomic E-state index is 11.1. The molecule has 0 spiro atoms. The van der Waals surface area contributed by atoms with E-state index in [1.165, 1.54) is 4.68 Å². The topological polar surface area (TPSA) is 90.1 Å². The van der Waals surface area contributed by atoms with Gasteiger partial charge in [-0.1, -0.05) is 17.3 Å². The van der Waals surface area contributed by atoms with Gasteiger partial charge >= 0.3 is 5.97 Å². The highest BCUT2D eigenvalue weighted by Gasteiger charge is 2.20. The lowest BCUT2D eigenvalue weighted by Crippen LogP contribution is -2.11. The van der Waals surface area contributed by atoms with Crippen LogP contribution in [0.3, 0.4) is 0 Å². The number of carboxylic acid groups (broad SMARTS) is 1. The summed E-state index contributed by atoms with van der Waals surface area (Å²) in [5.74, 6) is -0.371. The first-order valence-corrected chi connectivity index (χ1v) is 6.89. The minimum atomic E-state index is -0.993. The van der Waals surface area contributed by atoms with Gasteiger partial charge in [0.15, 0.2) is 0 Å². The van der Waals surface area contributed by atoms with Crippen LogP contribution in [0.25, 0.3) is 22.5 Å². The number of ether oxygens (including phenoxy) is 1. The van der Waals surface area contributed by atoms with E-state index >= 15 is 0 Å². The molecule has 0 aliphatic carbocycles. The van der Waals surface area contributed by atoms with Crippen LogP contribution >= 0.6 is 0 Å². The zero-order valence-electron chi connectivity index (χ0n) is 12.4. The van der Waals surface area contributed by atoms with Gasteiger partial charge in [0.1, 0.15) is 23.7 Å². The van der Waals surface area contributed by atoms with Crippen LogP contribution in [0.2, 0.25) is 0 Å². The first-order valence-electron chi connectivity index (χ1n) is 6.89. The molecule has 0 atom stereocenters. The second-order valence-corrected chi connectivity index (χ2v) is 4.77. The van der Waals surface area contributed by atoms with Crippen molar-refractivity contribution in [2.45, 2.75) is 6.54 Å². The Morgan fingerprint density at radius 3 is 2.65 bits per heavy atom. The van der Waals surface area contributed by atoms with Crippen molar-refractivity contribution in [2.75, 3.05) is 7.11 Å². The summed E-state index contributed by atoms with van der Waals surface area (Å²) < 4.78 is 6.75. The first-order chi connectivity index (χ1) is 11.2. The van der Waals surface area contributed by atoms with Crippen LogP contribution in [0.15, 0.2) is 48.8 Å². The third kappa shape index (κ3) is 2.89. The van der Waals surface area contributed by atoms with Gasteiger partial charge < -0.3 is 9.84 Å². The van der Waals surface area contributed by atoms with E-state index in [0.717, 1.165) is 11.1 Å². The Morgan fingerprint density at radius 1 is 1.22 bits per heavy atom. The predicted molar refractivity (Wildman–Crippen MR) is 82.9 cm³/mol. The van der Waals surface area contributed by atoms with Crippen molar-refractivity contribution in [2.24, 2.45) is 0 Å². The van der Waals surface area contributed by atoms with E-state index in [2.05, 4.69) is 15.3 Å². The van der Waals surface area contributed by atoms with Crippen LogP contribution in [-0.4, -0.2) is 38.2 Å². The Bertz CT molecular complexity index is 830. The highest BCUT2D eigenvalue weighted by atomic mass is 16.5. The lowest BCUT2D eigenvalue weighted by Gasteiger charge is -2.11. The molecule has 3 aromatic rings. The highest BCUT2D eigenvalue weighted by molar-refractivity contribution is 5.82. The number of nitrogens with zero attached hydrogens (tertiary/aromatic N) is 4. The van der Waals surface area contributed by atoms with Crippen molar-refractivity contribution >= 4 is 5.97 Å². The molecule has 0 saturated heterocycles. The second-order valence-electron chi connectivity index (χ2n) is 4.77. The number of carbonyl (C=O) groups is 1. The minimum absolute atomic E-state index is 0.286. The molecule has 2 heterocycles. The van der Waals surface area contributed by atoms with Crippen LogP contribution in [0, 0.1) is 0 Å². The van der Waals surface area contributed by atoms with Gasteiger partial charge in [-0.25, -0.2) is 4.68 Å². The number of benzene rings is 1. The molecule has 0 aliphatic heterocycles. The summed E-state index contributed by atoms with van der Waals surface area (Å²) in [4.78, 5) is 15.1. The summed E-state index contributed by atoms with van der Waals surface area (Å²) in [5.41, 5.74) is 2.71. The third-order valence-electron chi connectivity index (χ3n) is 3.34. The van der Waals surface area contributed by atoms with Crippen molar-refractivity contribution in [3.05, 3.63) is 48.8 Å². The Labute approximate surface area is 132 Å². The van der Waals surface area contributed by atoms with Crippen molar-refractivity contribution in [3.8, 4) is 28.3 Å².